The molecule has 4 rings (SSSR count). The van der Waals surface area contributed by atoms with Crippen LogP contribution in [0.4, 0.5) is 11.8 Å². The summed E-state index contributed by atoms with van der Waals surface area (Å²) in [5.74, 6) is 1.53. The van der Waals surface area contributed by atoms with Crippen LogP contribution in [0.15, 0.2) is 53.7 Å². The average Bonchev–Trinajstić information content (AvgIpc) is 2.84. The molecule has 32 heavy (non-hydrogen) atoms. The van der Waals surface area contributed by atoms with E-state index in [-0.39, 0.29) is 0 Å². The molecule has 0 saturated heterocycles. The third kappa shape index (κ3) is 6.24. The second-order valence-corrected chi connectivity index (χ2v) is 9.13. The number of nitrogens with zero attached hydrogens (tertiary/aromatic N) is 3. The minimum absolute atomic E-state index is 0.506. The van der Waals surface area contributed by atoms with Gasteiger partial charge in [0, 0.05) is 34.6 Å². The van der Waals surface area contributed by atoms with Crippen LogP contribution in [0.5, 0.6) is 0 Å². The maximum Gasteiger partial charge on any atom is 0.222 e. The second-order valence-electron chi connectivity index (χ2n) is 7.87. The maximum atomic E-state index is 6.23. The van der Waals surface area contributed by atoms with Crippen molar-refractivity contribution < 1.29 is 0 Å². The van der Waals surface area contributed by atoms with Crippen LogP contribution >= 0.6 is 23.5 Å². The van der Waals surface area contributed by atoms with Gasteiger partial charge >= 0.3 is 0 Å². The van der Waals surface area contributed by atoms with Crippen LogP contribution in [0.25, 0.3) is 12.2 Å². The van der Waals surface area contributed by atoms with Gasteiger partial charge in [-0.3, -0.25) is 0 Å². The van der Waals surface area contributed by atoms with Crippen molar-refractivity contribution >= 4 is 47.5 Å². The molecule has 1 aliphatic carbocycles. The Morgan fingerprint density at radius 2 is 1.81 bits per heavy atom. The van der Waals surface area contributed by atoms with Gasteiger partial charge in [-0.25, -0.2) is 15.0 Å². The molecular formula is C25H28ClN5S. The molecule has 3 aromatic rings. The van der Waals surface area contributed by atoms with Gasteiger partial charge in [0.1, 0.15) is 5.82 Å². The topological polar surface area (TPSA) is 62.7 Å². The van der Waals surface area contributed by atoms with E-state index in [2.05, 4.69) is 39.1 Å². The maximum absolute atomic E-state index is 6.23. The Labute approximate surface area is 199 Å². The highest BCUT2D eigenvalue weighted by Gasteiger charge is 2.13. The molecule has 1 aliphatic rings. The lowest BCUT2D eigenvalue weighted by molar-refractivity contribution is 0.461. The van der Waals surface area contributed by atoms with Gasteiger partial charge in [-0.1, -0.05) is 62.1 Å². The zero-order chi connectivity index (χ0) is 22.2. The molecular weight excluding hydrogens is 438 g/mol. The first-order valence-corrected chi connectivity index (χ1v) is 12.3. The van der Waals surface area contributed by atoms with E-state index in [0.717, 1.165) is 44.9 Å². The second kappa shape index (κ2) is 11.3. The standard InChI is InChI=1S/C25H28ClN5S/c1-2-22-19(14-15-24(30-22)31-32-23-11-7-6-10-21(23)26)13-12-18-16-27-25(28-17-18)29-20-8-4-3-5-9-20/h6-7,10-17,20H,2-5,8-9H2,1H3,(H,30,31)(H,27,28,29)/b13-12+. The van der Waals surface area contributed by atoms with Crippen molar-refractivity contribution in [2.45, 2.75) is 56.4 Å². The summed E-state index contributed by atoms with van der Waals surface area (Å²) in [7, 11) is 0. The summed E-state index contributed by atoms with van der Waals surface area (Å²) in [5, 5.41) is 4.18. The highest BCUT2D eigenvalue weighted by Crippen LogP contribution is 2.28. The van der Waals surface area contributed by atoms with Crippen molar-refractivity contribution in [3.8, 4) is 0 Å². The van der Waals surface area contributed by atoms with E-state index in [4.69, 9.17) is 16.6 Å². The first-order chi connectivity index (χ1) is 15.7. The van der Waals surface area contributed by atoms with Crippen molar-refractivity contribution in [2.24, 2.45) is 0 Å². The molecule has 0 bridgehead atoms. The summed E-state index contributed by atoms with van der Waals surface area (Å²) in [6.07, 6.45) is 15.0. The molecule has 5 nitrogen and oxygen atoms in total. The molecule has 0 atom stereocenters. The highest BCUT2D eigenvalue weighted by molar-refractivity contribution is 8.00. The van der Waals surface area contributed by atoms with Gasteiger partial charge in [-0.15, -0.1) is 0 Å². The van der Waals surface area contributed by atoms with Crippen molar-refractivity contribution in [3.63, 3.8) is 0 Å². The van der Waals surface area contributed by atoms with E-state index >= 15 is 0 Å². The first-order valence-electron chi connectivity index (χ1n) is 11.1. The zero-order valence-corrected chi connectivity index (χ0v) is 19.8. The first kappa shape index (κ1) is 22.6. The van der Waals surface area contributed by atoms with Crippen LogP contribution in [0, 0.1) is 0 Å². The number of pyridine rings is 1. The Morgan fingerprint density at radius 3 is 2.56 bits per heavy atom. The third-order valence-electron chi connectivity index (χ3n) is 5.51. The lowest BCUT2D eigenvalue weighted by Gasteiger charge is -2.22. The molecule has 0 radical (unpaired) electrons. The van der Waals surface area contributed by atoms with Crippen LogP contribution in [0.2, 0.25) is 5.02 Å². The number of rotatable bonds is 8. The summed E-state index contributed by atoms with van der Waals surface area (Å²) in [4.78, 5) is 14.7. The Morgan fingerprint density at radius 1 is 1.03 bits per heavy atom. The summed E-state index contributed by atoms with van der Waals surface area (Å²) in [5.41, 5.74) is 3.09. The van der Waals surface area contributed by atoms with Crippen LogP contribution < -0.4 is 10.0 Å². The minimum atomic E-state index is 0.506. The van der Waals surface area contributed by atoms with Gasteiger partial charge in [0.25, 0.3) is 0 Å². The predicted molar refractivity (Wildman–Crippen MR) is 136 cm³/mol. The summed E-state index contributed by atoms with van der Waals surface area (Å²) in [6.45, 7) is 2.11. The SMILES string of the molecule is CCc1nc(NSc2ccccc2Cl)ccc1/C=C/c1cnc(NC2CCCCC2)nc1. The Kier molecular flexibility index (Phi) is 8.02. The molecule has 2 N–H and O–H groups in total. The summed E-state index contributed by atoms with van der Waals surface area (Å²) >= 11 is 7.69. The van der Waals surface area contributed by atoms with E-state index in [1.165, 1.54) is 44.1 Å². The van der Waals surface area contributed by atoms with Crippen molar-refractivity contribution in [3.05, 3.63) is 70.6 Å². The van der Waals surface area contributed by atoms with Crippen molar-refractivity contribution in [1.29, 1.82) is 0 Å². The molecule has 0 aliphatic heterocycles. The number of hydrogen-bond acceptors (Lipinski definition) is 6. The van der Waals surface area contributed by atoms with Crippen LogP contribution in [0.1, 0.15) is 55.8 Å². The zero-order valence-electron chi connectivity index (χ0n) is 18.2. The summed E-state index contributed by atoms with van der Waals surface area (Å²) in [6, 6.07) is 12.3. The molecule has 0 amide bonds. The van der Waals surface area contributed by atoms with Gasteiger partial charge < -0.3 is 10.0 Å². The number of anilines is 2. The monoisotopic (exact) mass is 465 g/mol. The lowest BCUT2D eigenvalue weighted by atomic mass is 9.96. The smallest absolute Gasteiger partial charge is 0.222 e. The quantitative estimate of drug-likeness (QED) is 0.345. The number of hydrogen-bond donors (Lipinski definition) is 2. The fourth-order valence-electron chi connectivity index (χ4n) is 3.75. The van der Waals surface area contributed by atoms with Crippen LogP contribution in [0.3, 0.4) is 0 Å². The van der Waals surface area contributed by atoms with Gasteiger partial charge in [0.2, 0.25) is 5.95 Å². The molecule has 166 valence electrons. The van der Waals surface area contributed by atoms with E-state index in [1.807, 2.05) is 48.8 Å². The largest absolute Gasteiger partial charge is 0.351 e. The number of halogens is 1. The van der Waals surface area contributed by atoms with E-state index in [1.54, 1.807) is 0 Å². The van der Waals surface area contributed by atoms with E-state index < -0.39 is 0 Å². The van der Waals surface area contributed by atoms with E-state index in [0.29, 0.717) is 6.04 Å². The van der Waals surface area contributed by atoms with Crippen molar-refractivity contribution in [1.82, 2.24) is 15.0 Å². The summed E-state index contributed by atoms with van der Waals surface area (Å²) < 4.78 is 3.29. The molecule has 1 aromatic carbocycles. The number of nitrogens with one attached hydrogen (secondary N) is 2. The number of aryl methyl sites for hydroxylation is 1. The van der Waals surface area contributed by atoms with Crippen molar-refractivity contribution in [2.75, 3.05) is 10.0 Å². The fraction of sp³-hybridized carbons (Fsp3) is 0.320. The fourth-order valence-corrected chi connectivity index (χ4v) is 4.64. The lowest BCUT2D eigenvalue weighted by Crippen LogP contribution is -2.23. The molecule has 0 unspecified atom stereocenters. The average molecular weight is 466 g/mol. The Bertz CT molecular complexity index is 1050. The third-order valence-corrected chi connectivity index (χ3v) is 6.84. The molecule has 0 spiro atoms. The predicted octanol–water partition coefficient (Wildman–Crippen LogP) is 7.12. The van der Waals surface area contributed by atoms with Crippen LogP contribution in [-0.2, 0) is 6.42 Å². The van der Waals surface area contributed by atoms with Crippen LogP contribution in [-0.4, -0.2) is 21.0 Å². The molecule has 7 heteroatoms. The Hall–Kier alpha value is -2.57. The van der Waals surface area contributed by atoms with Gasteiger partial charge in [0.15, 0.2) is 0 Å². The Balaban J connectivity index is 1.38. The number of benzene rings is 1. The van der Waals surface area contributed by atoms with Gasteiger partial charge in [-0.05, 0) is 61.0 Å². The molecule has 2 aromatic heterocycles. The number of aromatic nitrogens is 3. The highest BCUT2D eigenvalue weighted by atomic mass is 35.5. The molecule has 1 fully saturated rings. The molecule has 1 saturated carbocycles. The van der Waals surface area contributed by atoms with Gasteiger partial charge in [0.05, 0.1) is 5.02 Å². The minimum Gasteiger partial charge on any atom is -0.351 e. The molecule has 2 heterocycles. The van der Waals surface area contributed by atoms with E-state index in [9.17, 15) is 0 Å². The normalized spacial score (nSPS) is 14.6. The van der Waals surface area contributed by atoms with Gasteiger partial charge in [-0.2, -0.15) is 0 Å².